The lowest BCUT2D eigenvalue weighted by molar-refractivity contribution is -0.141. The number of aromatic amines is 1. The van der Waals surface area contributed by atoms with Gasteiger partial charge in [-0.05, 0) is 48.7 Å². The maximum atomic E-state index is 12.7. The van der Waals surface area contributed by atoms with Crippen LogP contribution in [0, 0.1) is 0 Å². The molecule has 0 aliphatic rings. The Labute approximate surface area is 147 Å². The number of aryl methyl sites for hydroxylation is 1. The summed E-state index contributed by atoms with van der Waals surface area (Å²) in [5.41, 5.74) is 0.677. The maximum Gasteiger partial charge on any atom is 0.432 e. The SMILES string of the molecule is CCCCCc1ccc(-c2ccnc(-c3cc(C(F)(F)F)[nH]n3)c2)s1. The third kappa shape index (κ3) is 4.28. The van der Waals surface area contributed by atoms with Gasteiger partial charge in [0.2, 0.25) is 0 Å². The third-order valence-electron chi connectivity index (χ3n) is 3.88. The van der Waals surface area contributed by atoms with Crippen molar-refractivity contribution in [1.82, 2.24) is 15.2 Å². The highest BCUT2D eigenvalue weighted by Crippen LogP contribution is 2.33. The van der Waals surface area contributed by atoms with Crippen LogP contribution in [0.5, 0.6) is 0 Å². The van der Waals surface area contributed by atoms with Crippen molar-refractivity contribution in [3.8, 4) is 21.8 Å². The number of nitrogens with one attached hydrogen (secondary N) is 1. The van der Waals surface area contributed by atoms with E-state index < -0.39 is 11.9 Å². The van der Waals surface area contributed by atoms with Gasteiger partial charge in [-0.3, -0.25) is 10.1 Å². The van der Waals surface area contributed by atoms with Crippen molar-refractivity contribution >= 4 is 11.3 Å². The van der Waals surface area contributed by atoms with Crippen LogP contribution >= 0.6 is 11.3 Å². The zero-order valence-electron chi connectivity index (χ0n) is 13.7. The van der Waals surface area contributed by atoms with Gasteiger partial charge in [-0.15, -0.1) is 11.3 Å². The number of nitrogens with zero attached hydrogens (tertiary/aromatic N) is 2. The minimum Gasteiger partial charge on any atom is -0.273 e. The van der Waals surface area contributed by atoms with E-state index in [1.807, 2.05) is 11.2 Å². The molecule has 3 nitrogen and oxygen atoms in total. The summed E-state index contributed by atoms with van der Waals surface area (Å²) in [6.07, 6.45) is 1.80. The predicted molar refractivity (Wildman–Crippen MR) is 93.4 cm³/mol. The second-order valence-electron chi connectivity index (χ2n) is 5.82. The van der Waals surface area contributed by atoms with Crippen LogP contribution in [0.15, 0.2) is 36.5 Å². The highest BCUT2D eigenvalue weighted by atomic mass is 32.1. The van der Waals surface area contributed by atoms with Gasteiger partial charge in [0.15, 0.2) is 0 Å². The van der Waals surface area contributed by atoms with E-state index in [2.05, 4.69) is 29.1 Å². The molecular weight excluding hydrogens is 347 g/mol. The second kappa shape index (κ2) is 7.39. The Morgan fingerprint density at radius 1 is 1.08 bits per heavy atom. The number of rotatable bonds is 6. The van der Waals surface area contributed by atoms with E-state index in [1.165, 1.54) is 24.1 Å². The van der Waals surface area contributed by atoms with Gasteiger partial charge in [0.1, 0.15) is 11.4 Å². The topological polar surface area (TPSA) is 41.6 Å². The molecule has 3 rings (SSSR count). The molecule has 3 heterocycles. The van der Waals surface area contributed by atoms with Crippen molar-refractivity contribution in [3.63, 3.8) is 0 Å². The Morgan fingerprint density at radius 2 is 1.92 bits per heavy atom. The summed E-state index contributed by atoms with van der Waals surface area (Å²) in [7, 11) is 0. The molecule has 0 spiro atoms. The quantitative estimate of drug-likeness (QED) is 0.548. The van der Waals surface area contributed by atoms with Gasteiger partial charge in [0.25, 0.3) is 0 Å². The van der Waals surface area contributed by atoms with E-state index in [0.717, 1.165) is 22.9 Å². The Morgan fingerprint density at radius 3 is 2.64 bits per heavy atom. The first-order valence-electron chi connectivity index (χ1n) is 8.15. The van der Waals surface area contributed by atoms with E-state index in [1.54, 1.807) is 23.6 Å². The first kappa shape index (κ1) is 17.7. The van der Waals surface area contributed by atoms with Crippen LogP contribution in [0.2, 0.25) is 0 Å². The number of H-pyrrole nitrogens is 1. The molecule has 3 aromatic heterocycles. The molecule has 0 bridgehead atoms. The minimum absolute atomic E-state index is 0.189. The van der Waals surface area contributed by atoms with Crippen LogP contribution in [0.25, 0.3) is 21.8 Å². The van der Waals surface area contributed by atoms with E-state index in [-0.39, 0.29) is 5.69 Å². The van der Waals surface area contributed by atoms with Crippen molar-refractivity contribution < 1.29 is 13.2 Å². The summed E-state index contributed by atoms with van der Waals surface area (Å²) in [6, 6.07) is 8.79. The summed E-state index contributed by atoms with van der Waals surface area (Å²) < 4.78 is 38.1. The van der Waals surface area contributed by atoms with Gasteiger partial charge >= 0.3 is 6.18 Å². The summed E-state index contributed by atoms with van der Waals surface area (Å²) in [6.45, 7) is 2.18. The van der Waals surface area contributed by atoms with Crippen molar-refractivity contribution in [1.29, 1.82) is 0 Å². The molecular formula is C18H18F3N3S. The number of aromatic nitrogens is 3. The Balaban J connectivity index is 1.81. The normalized spacial score (nSPS) is 11.8. The fraction of sp³-hybridized carbons (Fsp3) is 0.333. The average molecular weight is 365 g/mol. The number of thiophene rings is 1. The third-order valence-corrected chi connectivity index (χ3v) is 5.07. The van der Waals surface area contributed by atoms with E-state index in [0.29, 0.717) is 5.69 Å². The molecule has 0 aliphatic heterocycles. The standard InChI is InChI=1S/C18H18F3N3S/c1-2-3-4-5-13-6-7-16(25-13)12-8-9-22-14(10-12)15-11-17(24-23-15)18(19,20)21/h6-11H,2-5H2,1H3,(H,23,24). The number of halogens is 3. The molecule has 3 aromatic rings. The van der Waals surface area contributed by atoms with Crippen LogP contribution in [-0.2, 0) is 12.6 Å². The van der Waals surface area contributed by atoms with Gasteiger partial charge < -0.3 is 0 Å². The molecule has 0 fully saturated rings. The van der Waals surface area contributed by atoms with Gasteiger partial charge in [0, 0.05) is 16.0 Å². The smallest absolute Gasteiger partial charge is 0.273 e. The van der Waals surface area contributed by atoms with Gasteiger partial charge in [0.05, 0.1) is 5.69 Å². The van der Waals surface area contributed by atoms with Crippen molar-refractivity contribution in [2.24, 2.45) is 0 Å². The van der Waals surface area contributed by atoms with E-state index in [9.17, 15) is 13.2 Å². The molecule has 0 saturated carbocycles. The van der Waals surface area contributed by atoms with Gasteiger partial charge in [-0.2, -0.15) is 18.3 Å². The second-order valence-corrected chi connectivity index (χ2v) is 6.99. The highest BCUT2D eigenvalue weighted by Gasteiger charge is 2.33. The monoisotopic (exact) mass is 365 g/mol. The van der Waals surface area contributed by atoms with Crippen LogP contribution < -0.4 is 0 Å². The molecule has 0 aromatic carbocycles. The summed E-state index contributed by atoms with van der Waals surface area (Å²) >= 11 is 1.71. The van der Waals surface area contributed by atoms with E-state index >= 15 is 0 Å². The largest absolute Gasteiger partial charge is 0.432 e. The van der Waals surface area contributed by atoms with Crippen LogP contribution in [-0.4, -0.2) is 15.2 Å². The van der Waals surface area contributed by atoms with Crippen molar-refractivity contribution in [3.05, 3.63) is 47.1 Å². The lowest BCUT2D eigenvalue weighted by Crippen LogP contribution is -2.04. The van der Waals surface area contributed by atoms with Crippen molar-refractivity contribution in [2.75, 3.05) is 0 Å². The molecule has 0 amide bonds. The molecule has 0 unspecified atom stereocenters. The maximum absolute atomic E-state index is 12.7. The lowest BCUT2D eigenvalue weighted by Gasteiger charge is -2.01. The number of pyridine rings is 1. The molecule has 25 heavy (non-hydrogen) atoms. The fourth-order valence-electron chi connectivity index (χ4n) is 2.54. The first-order chi connectivity index (χ1) is 12.0. The molecule has 1 N–H and O–H groups in total. The molecule has 132 valence electrons. The van der Waals surface area contributed by atoms with Crippen LogP contribution in [0.3, 0.4) is 0 Å². The Bertz CT molecular complexity index is 836. The first-order valence-corrected chi connectivity index (χ1v) is 8.97. The van der Waals surface area contributed by atoms with E-state index in [4.69, 9.17) is 0 Å². The lowest BCUT2D eigenvalue weighted by atomic mass is 10.1. The number of unbranched alkanes of at least 4 members (excludes halogenated alkanes) is 2. The summed E-state index contributed by atoms with van der Waals surface area (Å²) in [5, 5.41) is 5.76. The Kier molecular flexibility index (Phi) is 5.22. The predicted octanol–water partition coefficient (Wildman–Crippen LogP) is 5.95. The van der Waals surface area contributed by atoms with Crippen LogP contribution in [0.4, 0.5) is 13.2 Å². The summed E-state index contributed by atoms with van der Waals surface area (Å²) in [5.74, 6) is 0. The Hall–Kier alpha value is -2.15. The number of hydrogen-bond acceptors (Lipinski definition) is 3. The highest BCUT2D eigenvalue weighted by molar-refractivity contribution is 7.15. The van der Waals surface area contributed by atoms with Crippen LogP contribution in [0.1, 0.15) is 36.8 Å². The number of hydrogen-bond donors (Lipinski definition) is 1. The molecule has 0 saturated heterocycles. The van der Waals surface area contributed by atoms with Gasteiger partial charge in [-0.1, -0.05) is 19.8 Å². The molecule has 0 atom stereocenters. The summed E-state index contributed by atoms with van der Waals surface area (Å²) in [4.78, 5) is 6.56. The van der Waals surface area contributed by atoms with Gasteiger partial charge in [-0.25, -0.2) is 0 Å². The average Bonchev–Trinajstić information content (AvgIpc) is 3.25. The zero-order valence-corrected chi connectivity index (χ0v) is 14.5. The van der Waals surface area contributed by atoms with Crippen molar-refractivity contribution in [2.45, 2.75) is 38.8 Å². The molecule has 7 heteroatoms. The number of alkyl halides is 3. The zero-order chi connectivity index (χ0) is 17.9. The molecule has 0 radical (unpaired) electrons. The fourth-order valence-corrected chi connectivity index (χ4v) is 3.58. The molecule has 0 aliphatic carbocycles. The minimum atomic E-state index is -4.44.